The normalized spacial score (nSPS) is 16.1. The largest absolute Gasteiger partial charge is 0.493 e. The van der Waals surface area contributed by atoms with Crippen molar-refractivity contribution >= 4 is 40.0 Å². The highest BCUT2D eigenvalue weighted by Gasteiger charge is 2.25. The van der Waals surface area contributed by atoms with Crippen LogP contribution >= 0.6 is 11.8 Å². The highest BCUT2D eigenvalue weighted by molar-refractivity contribution is 8.18. The van der Waals surface area contributed by atoms with Crippen LogP contribution in [-0.4, -0.2) is 26.2 Å². The molecule has 4 rings (SSSR count). The number of imide groups is 1. The average molecular weight is 339 g/mol. The molecule has 0 radical (unpaired) electrons. The van der Waals surface area contributed by atoms with Crippen LogP contribution in [0.3, 0.4) is 0 Å². The van der Waals surface area contributed by atoms with E-state index < -0.39 is 11.1 Å². The Morgan fingerprint density at radius 3 is 2.79 bits per heavy atom. The van der Waals surface area contributed by atoms with E-state index in [0.717, 1.165) is 22.7 Å². The molecule has 4 heterocycles. The predicted octanol–water partition coefficient (Wildman–Crippen LogP) is 2.92. The van der Waals surface area contributed by atoms with Gasteiger partial charge in [-0.05, 0) is 23.9 Å². The summed E-state index contributed by atoms with van der Waals surface area (Å²) in [5, 5.41) is 11.8. The van der Waals surface area contributed by atoms with Gasteiger partial charge in [0.2, 0.25) is 5.88 Å². The molecule has 0 spiro atoms. The third kappa shape index (κ3) is 2.52. The smallest absolute Gasteiger partial charge is 0.290 e. The fourth-order valence-corrected chi connectivity index (χ4v) is 3.02. The van der Waals surface area contributed by atoms with Gasteiger partial charge >= 0.3 is 0 Å². The van der Waals surface area contributed by atoms with Gasteiger partial charge in [0, 0.05) is 47.2 Å². The van der Waals surface area contributed by atoms with Crippen molar-refractivity contribution in [2.75, 3.05) is 0 Å². The molecule has 1 fully saturated rings. The summed E-state index contributed by atoms with van der Waals surface area (Å²) in [6.45, 7) is 0. The molecular formula is C16H9N3O4S. The molecule has 1 aliphatic rings. The Morgan fingerprint density at radius 1 is 1.21 bits per heavy atom. The number of amides is 2. The van der Waals surface area contributed by atoms with Crippen LogP contribution in [0, 0.1) is 0 Å². The zero-order chi connectivity index (χ0) is 16.7. The molecule has 2 amide bonds. The Kier molecular flexibility index (Phi) is 3.31. The molecule has 0 aliphatic carbocycles. The van der Waals surface area contributed by atoms with Crippen LogP contribution in [0.5, 0.6) is 5.88 Å². The number of nitrogens with one attached hydrogen (secondary N) is 1. The second-order valence-electron chi connectivity index (χ2n) is 5.01. The molecule has 8 heteroatoms. The number of hydrogen-bond donors (Lipinski definition) is 2. The third-order valence-corrected chi connectivity index (χ3v) is 4.23. The number of pyridine rings is 2. The molecule has 2 N–H and O–H groups in total. The van der Waals surface area contributed by atoms with Gasteiger partial charge in [0.05, 0.1) is 4.91 Å². The van der Waals surface area contributed by atoms with Gasteiger partial charge in [-0.1, -0.05) is 0 Å². The lowest BCUT2D eigenvalue weighted by Gasteiger charge is -2.01. The summed E-state index contributed by atoms with van der Waals surface area (Å²) >= 11 is 0.829. The Bertz CT molecular complexity index is 1010. The zero-order valence-corrected chi connectivity index (χ0v) is 12.8. The average Bonchev–Trinajstić information content (AvgIpc) is 3.10. The summed E-state index contributed by atoms with van der Waals surface area (Å²) in [6, 6.07) is 4.92. The Balaban J connectivity index is 1.80. The molecule has 7 nitrogen and oxygen atoms in total. The molecule has 118 valence electrons. The van der Waals surface area contributed by atoms with Gasteiger partial charge in [-0.25, -0.2) is 4.98 Å². The summed E-state index contributed by atoms with van der Waals surface area (Å²) < 4.78 is 5.82. The van der Waals surface area contributed by atoms with Crippen molar-refractivity contribution in [3.8, 4) is 17.0 Å². The number of aromatic hydroxyl groups is 1. The van der Waals surface area contributed by atoms with Gasteiger partial charge < -0.3 is 9.52 Å². The summed E-state index contributed by atoms with van der Waals surface area (Å²) in [6.07, 6.45) is 6.32. The van der Waals surface area contributed by atoms with Gasteiger partial charge in [0.15, 0.2) is 0 Å². The van der Waals surface area contributed by atoms with Crippen molar-refractivity contribution in [3.63, 3.8) is 0 Å². The quantitative estimate of drug-likeness (QED) is 0.691. The molecule has 24 heavy (non-hydrogen) atoms. The molecule has 1 aliphatic heterocycles. The van der Waals surface area contributed by atoms with Crippen molar-refractivity contribution in [2.24, 2.45) is 0 Å². The highest BCUT2D eigenvalue weighted by Crippen LogP contribution is 2.32. The second kappa shape index (κ2) is 5.50. The zero-order valence-electron chi connectivity index (χ0n) is 12.0. The van der Waals surface area contributed by atoms with Crippen molar-refractivity contribution in [1.29, 1.82) is 0 Å². The summed E-state index contributed by atoms with van der Waals surface area (Å²) in [7, 11) is 0. The maximum atomic E-state index is 11.6. The molecule has 0 bridgehead atoms. The third-order valence-electron chi connectivity index (χ3n) is 3.42. The minimum absolute atomic E-state index is 0.0716. The molecule has 3 aromatic rings. The van der Waals surface area contributed by atoms with Crippen LogP contribution in [0.1, 0.15) is 5.76 Å². The molecule has 0 atom stereocenters. The lowest BCUT2D eigenvalue weighted by Crippen LogP contribution is -2.17. The van der Waals surface area contributed by atoms with Gasteiger partial charge in [-0.3, -0.25) is 19.9 Å². The number of aromatic nitrogens is 2. The van der Waals surface area contributed by atoms with Gasteiger partial charge in [-0.2, -0.15) is 0 Å². The summed E-state index contributed by atoms with van der Waals surface area (Å²) in [4.78, 5) is 31.1. The number of rotatable bonds is 2. The lowest BCUT2D eigenvalue weighted by molar-refractivity contribution is -0.115. The Hall–Kier alpha value is -3.13. The van der Waals surface area contributed by atoms with Crippen molar-refractivity contribution in [2.45, 2.75) is 0 Å². The maximum Gasteiger partial charge on any atom is 0.290 e. The van der Waals surface area contributed by atoms with Gasteiger partial charge in [0.1, 0.15) is 11.3 Å². The van der Waals surface area contributed by atoms with E-state index in [0.29, 0.717) is 16.9 Å². The van der Waals surface area contributed by atoms with Gasteiger partial charge in [-0.15, -0.1) is 0 Å². The number of furan rings is 1. The SMILES string of the molecule is O=C1NC(=O)C(=Cc2cc3cncc(-c4ccc(O)nc4)c3o2)S1. The molecule has 0 saturated carbocycles. The van der Waals surface area contributed by atoms with Crippen LogP contribution in [-0.2, 0) is 4.79 Å². The first-order chi connectivity index (χ1) is 11.6. The topological polar surface area (TPSA) is 105 Å². The number of fused-ring (bicyclic) bond motifs is 1. The minimum atomic E-state index is -0.438. The second-order valence-corrected chi connectivity index (χ2v) is 6.03. The number of nitrogens with zero attached hydrogens (tertiary/aromatic N) is 2. The van der Waals surface area contributed by atoms with E-state index in [-0.39, 0.29) is 10.8 Å². The van der Waals surface area contributed by atoms with Crippen LogP contribution in [0.15, 0.2) is 46.1 Å². The monoisotopic (exact) mass is 339 g/mol. The van der Waals surface area contributed by atoms with E-state index in [1.165, 1.54) is 18.3 Å². The van der Waals surface area contributed by atoms with Crippen molar-refractivity contribution < 1.29 is 19.1 Å². The van der Waals surface area contributed by atoms with Crippen molar-refractivity contribution in [1.82, 2.24) is 15.3 Å². The first kappa shape index (κ1) is 14.5. The van der Waals surface area contributed by atoms with Crippen LogP contribution < -0.4 is 5.32 Å². The first-order valence-electron chi connectivity index (χ1n) is 6.88. The predicted molar refractivity (Wildman–Crippen MR) is 88.0 cm³/mol. The summed E-state index contributed by atoms with van der Waals surface area (Å²) in [5.74, 6) is -0.0671. The van der Waals surface area contributed by atoms with E-state index >= 15 is 0 Å². The van der Waals surface area contributed by atoms with E-state index in [1.807, 2.05) is 0 Å². The highest BCUT2D eigenvalue weighted by atomic mass is 32.2. The molecule has 3 aromatic heterocycles. The maximum absolute atomic E-state index is 11.6. The Labute approximate surface area is 139 Å². The molecule has 0 aromatic carbocycles. The van der Waals surface area contributed by atoms with Crippen LogP contribution in [0.25, 0.3) is 28.2 Å². The fraction of sp³-hybridized carbons (Fsp3) is 0. The van der Waals surface area contributed by atoms with E-state index in [9.17, 15) is 14.7 Å². The van der Waals surface area contributed by atoms with E-state index in [4.69, 9.17) is 4.42 Å². The van der Waals surface area contributed by atoms with Crippen LogP contribution in [0.2, 0.25) is 0 Å². The van der Waals surface area contributed by atoms with E-state index in [1.54, 1.807) is 24.5 Å². The molecular weight excluding hydrogens is 330 g/mol. The minimum Gasteiger partial charge on any atom is -0.493 e. The number of thioether (sulfide) groups is 1. The number of carbonyl (C=O) groups is 2. The number of carbonyl (C=O) groups excluding carboxylic acids is 2. The molecule has 1 saturated heterocycles. The first-order valence-corrected chi connectivity index (χ1v) is 7.69. The standard InChI is InChI=1S/C16H9N3O4S/c20-13-2-1-8(6-18-13)11-7-17-5-9-3-10(23-14(9)11)4-12-15(21)19-16(22)24-12/h1-7H,(H,18,20)(H,19,21,22). The van der Waals surface area contributed by atoms with E-state index in [2.05, 4.69) is 15.3 Å². The van der Waals surface area contributed by atoms with Crippen LogP contribution in [0.4, 0.5) is 4.79 Å². The van der Waals surface area contributed by atoms with Crippen molar-refractivity contribution in [3.05, 3.63) is 47.5 Å². The fourth-order valence-electron chi connectivity index (χ4n) is 2.35. The lowest BCUT2D eigenvalue weighted by atomic mass is 10.1. The molecule has 0 unspecified atom stereocenters. The summed E-state index contributed by atoms with van der Waals surface area (Å²) in [5.41, 5.74) is 2.03. The number of hydrogen-bond acceptors (Lipinski definition) is 7. The van der Waals surface area contributed by atoms with Gasteiger partial charge in [0.25, 0.3) is 11.1 Å². The Morgan fingerprint density at radius 2 is 2.08 bits per heavy atom.